The van der Waals surface area contributed by atoms with Crippen LogP contribution in [0.15, 0.2) is 16.8 Å². The Hall–Kier alpha value is -1.49. The summed E-state index contributed by atoms with van der Waals surface area (Å²) in [4.78, 5) is 27.9. The first-order valence-corrected chi connectivity index (χ1v) is 10.3. The fraction of sp³-hybridized carbons (Fsp3) is 0.600. The first kappa shape index (κ1) is 18.3. The van der Waals surface area contributed by atoms with Gasteiger partial charge in [0.1, 0.15) is 6.54 Å². The van der Waals surface area contributed by atoms with Crippen LogP contribution in [0.3, 0.4) is 0 Å². The molecule has 2 amide bonds. The Labute approximate surface area is 151 Å². The number of carbonyl (C=O) groups is 2. The van der Waals surface area contributed by atoms with Crippen molar-refractivity contribution >= 4 is 39.0 Å². The lowest BCUT2D eigenvalue weighted by Gasteiger charge is -2.48. The molecule has 8 nitrogen and oxygen atoms in total. The van der Waals surface area contributed by atoms with Crippen molar-refractivity contribution < 1.29 is 18.0 Å². The minimum atomic E-state index is -3.56. The first-order valence-electron chi connectivity index (χ1n) is 7.96. The highest BCUT2D eigenvalue weighted by molar-refractivity contribution is 7.86. The van der Waals surface area contributed by atoms with E-state index in [1.807, 2.05) is 16.8 Å². The van der Waals surface area contributed by atoms with Crippen LogP contribution in [-0.4, -0.2) is 79.6 Å². The van der Waals surface area contributed by atoms with Crippen LogP contribution in [0.2, 0.25) is 0 Å². The molecule has 2 saturated heterocycles. The fourth-order valence-corrected chi connectivity index (χ4v) is 5.37. The molecular formula is C15H22N4O4S2. The number of rotatable bonds is 3. The van der Waals surface area contributed by atoms with Gasteiger partial charge in [0, 0.05) is 39.5 Å². The quantitative estimate of drug-likeness (QED) is 0.743. The molecular weight excluding hydrogens is 364 g/mol. The van der Waals surface area contributed by atoms with Crippen LogP contribution in [0.1, 0.15) is 13.3 Å². The van der Waals surface area contributed by atoms with Crippen LogP contribution in [0.4, 0.5) is 5.69 Å². The molecule has 0 aromatic carbocycles. The Morgan fingerprint density at radius 2 is 2.04 bits per heavy atom. The lowest BCUT2D eigenvalue weighted by molar-refractivity contribution is -0.142. The van der Waals surface area contributed by atoms with Gasteiger partial charge in [-0.3, -0.25) is 9.59 Å². The number of thiophene rings is 1. The largest absolute Gasteiger partial charge is 0.325 e. The van der Waals surface area contributed by atoms with E-state index in [1.165, 1.54) is 41.0 Å². The summed E-state index contributed by atoms with van der Waals surface area (Å²) in [6, 6.07) is 1.86. The van der Waals surface area contributed by atoms with Crippen LogP contribution in [0.25, 0.3) is 0 Å². The molecule has 0 radical (unpaired) electrons. The summed E-state index contributed by atoms with van der Waals surface area (Å²) in [5, 5.41) is 3.78. The maximum Gasteiger partial charge on any atom is 0.281 e. The second kappa shape index (κ2) is 6.35. The Balaban J connectivity index is 1.94. The van der Waals surface area contributed by atoms with Crippen molar-refractivity contribution in [3.05, 3.63) is 16.8 Å². The molecule has 1 atom stereocenters. The zero-order valence-electron chi connectivity index (χ0n) is 14.5. The maximum atomic E-state index is 12.5. The monoisotopic (exact) mass is 386 g/mol. The minimum Gasteiger partial charge on any atom is -0.325 e. The smallest absolute Gasteiger partial charge is 0.281 e. The van der Waals surface area contributed by atoms with Gasteiger partial charge in [-0.05, 0) is 17.9 Å². The van der Waals surface area contributed by atoms with Gasteiger partial charge in [0.25, 0.3) is 10.2 Å². The van der Waals surface area contributed by atoms with Gasteiger partial charge >= 0.3 is 0 Å². The van der Waals surface area contributed by atoms with E-state index in [0.717, 1.165) is 5.69 Å². The molecule has 2 aliphatic heterocycles. The van der Waals surface area contributed by atoms with E-state index in [9.17, 15) is 18.0 Å². The molecule has 1 aromatic heterocycles. The normalized spacial score (nSPS) is 25.4. The van der Waals surface area contributed by atoms with Crippen molar-refractivity contribution in [3.8, 4) is 0 Å². The summed E-state index contributed by atoms with van der Waals surface area (Å²) in [6.07, 6.45) is 0.508. The van der Waals surface area contributed by atoms with Crippen molar-refractivity contribution in [1.82, 2.24) is 13.5 Å². The van der Waals surface area contributed by atoms with Crippen molar-refractivity contribution in [3.63, 3.8) is 0 Å². The molecule has 0 N–H and O–H groups in total. The Morgan fingerprint density at radius 1 is 1.32 bits per heavy atom. The predicted molar refractivity (Wildman–Crippen MR) is 95.6 cm³/mol. The number of nitrogens with zero attached hydrogens (tertiary/aromatic N) is 4. The average Bonchev–Trinajstić information content (AvgIpc) is 3.19. The molecule has 0 bridgehead atoms. The highest BCUT2D eigenvalue weighted by Gasteiger charge is 2.52. The fourth-order valence-electron chi connectivity index (χ4n) is 3.54. The number of carbonyl (C=O) groups excluding carboxylic acids is 2. The maximum absolute atomic E-state index is 12.5. The zero-order valence-corrected chi connectivity index (χ0v) is 16.1. The van der Waals surface area contributed by atoms with Gasteiger partial charge in [0.05, 0.1) is 17.8 Å². The van der Waals surface area contributed by atoms with Crippen molar-refractivity contribution in [1.29, 1.82) is 0 Å². The third-order valence-corrected chi connectivity index (χ3v) is 7.46. The van der Waals surface area contributed by atoms with Gasteiger partial charge in [-0.15, -0.1) is 0 Å². The second-order valence-corrected chi connectivity index (χ2v) is 9.59. The van der Waals surface area contributed by atoms with Gasteiger partial charge in [0.2, 0.25) is 11.8 Å². The van der Waals surface area contributed by atoms with E-state index in [2.05, 4.69) is 0 Å². The molecule has 25 heavy (non-hydrogen) atoms. The van der Waals surface area contributed by atoms with Crippen molar-refractivity contribution in [2.24, 2.45) is 0 Å². The topological polar surface area (TPSA) is 81.2 Å². The summed E-state index contributed by atoms with van der Waals surface area (Å²) in [7, 11) is -0.576. The summed E-state index contributed by atoms with van der Waals surface area (Å²) in [5.41, 5.74) is 0.108. The van der Waals surface area contributed by atoms with Crippen molar-refractivity contribution in [2.75, 3.05) is 45.2 Å². The van der Waals surface area contributed by atoms with E-state index < -0.39 is 15.7 Å². The molecule has 3 heterocycles. The number of piperazine rings is 1. The Morgan fingerprint density at radius 3 is 2.60 bits per heavy atom. The van der Waals surface area contributed by atoms with Crippen LogP contribution in [-0.2, 0) is 19.8 Å². The molecule has 1 unspecified atom stereocenters. The first-order chi connectivity index (χ1) is 11.7. The Kier molecular flexibility index (Phi) is 4.65. The van der Waals surface area contributed by atoms with Gasteiger partial charge in [-0.2, -0.15) is 28.4 Å². The Bertz CT molecular complexity index is 777. The summed E-state index contributed by atoms with van der Waals surface area (Å²) in [5.74, 6) is -0.351. The van der Waals surface area contributed by atoms with Gasteiger partial charge in [0.15, 0.2) is 0 Å². The lowest BCUT2D eigenvalue weighted by Crippen LogP contribution is -2.67. The van der Waals surface area contributed by atoms with Crippen LogP contribution in [0, 0.1) is 0 Å². The van der Waals surface area contributed by atoms with E-state index in [4.69, 9.17) is 0 Å². The van der Waals surface area contributed by atoms with E-state index >= 15 is 0 Å². The molecule has 2 aliphatic rings. The summed E-state index contributed by atoms with van der Waals surface area (Å²) < 4.78 is 27.5. The minimum absolute atomic E-state index is 0.0268. The molecule has 1 spiro atoms. The molecule has 1 aromatic rings. The molecule has 0 aliphatic carbocycles. The predicted octanol–water partition coefficient (Wildman–Crippen LogP) is 0.194. The number of amides is 2. The number of hydrogen-bond acceptors (Lipinski definition) is 5. The third-order valence-electron chi connectivity index (χ3n) is 4.90. The molecule has 2 fully saturated rings. The molecule has 0 saturated carbocycles. The molecule has 10 heteroatoms. The standard InChI is InChI=1S/C15H22N4O4S2/c1-12(20)19-8-14(21)18(13-4-7-24-9-13)11-15(19)5-6-17(10-15)25(22,23)16(2)3/h4,7,9H,5-6,8,10-11H2,1-3H3. The average molecular weight is 386 g/mol. The zero-order chi connectivity index (χ0) is 18.4. The number of anilines is 1. The number of hydrogen-bond donors (Lipinski definition) is 0. The van der Waals surface area contributed by atoms with E-state index in [0.29, 0.717) is 19.5 Å². The van der Waals surface area contributed by atoms with E-state index in [1.54, 1.807) is 9.80 Å². The van der Waals surface area contributed by atoms with Crippen LogP contribution >= 0.6 is 11.3 Å². The van der Waals surface area contributed by atoms with Crippen LogP contribution < -0.4 is 4.90 Å². The highest BCUT2D eigenvalue weighted by Crippen LogP contribution is 2.36. The van der Waals surface area contributed by atoms with Gasteiger partial charge < -0.3 is 9.80 Å². The summed E-state index contributed by atoms with van der Waals surface area (Å²) >= 11 is 1.49. The highest BCUT2D eigenvalue weighted by atomic mass is 32.2. The summed E-state index contributed by atoms with van der Waals surface area (Å²) in [6.45, 7) is 2.23. The lowest BCUT2D eigenvalue weighted by atomic mass is 9.92. The van der Waals surface area contributed by atoms with Crippen LogP contribution in [0.5, 0.6) is 0 Å². The van der Waals surface area contributed by atoms with Gasteiger partial charge in [-0.25, -0.2) is 0 Å². The SMILES string of the molecule is CC(=O)N1CC(=O)N(c2ccsc2)CC12CCN(S(=O)(=O)N(C)C)C2. The molecule has 138 valence electrons. The second-order valence-electron chi connectivity index (χ2n) is 6.66. The van der Waals surface area contributed by atoms with Crippen molar-refractivity contribution in [2.45, 2.75) is 18.9 Å². The van der Waals surface area contributed by atoms with Gasteiger partial charge in [-0.1, -0.05) is 0 Å². The van der Waals surface area contributed by atoms with E-state index in [-0.39, 0.29) is 24.9 Å². The third kappa shape index (κ3) is 3.07. The molecule has 3 rings (SSSR count).